The number of carbonyl (C=O) groups is 1. The summed E-state index contributed by atoms with van der Waals surface area (Å²) in [5.41, 5.74) is 9.31. The van der Waals surface area contributed by atoms with Gasteiger partial charge in [-0.05, 0) is 18.1 Å². The topological polar surface area (TPSA) is 135 Å². The van der Waals surface area contributed by atoms with Crippen LogP contribution >= 0.6 is 11.3 Å². The third-order valence-corrected chi connectivity index (χ3v) is 5.96. The number of amides is 1. The van der Waals surface area contributed by atoms with Crippen molar-refractivity contribution in [1.82, 2.24) is 4.98 Å². The summed E-state index contributed by atoms with van der Waals surface area (Å²) in [6, 6.07) is 8.25. The molecule has 27 heavy (non-hydrogen) atoms. The largest absolute Gasteiger partial charge is 0.383 e. The van der Waals surface area contributed by atoms with Gasteiger partial charge in [-0.3, -0.25) is 14.9 Å². The number of benzene rings is 1. The number of rotatable bonds is 2. The Morgan fingerprint density at radius 2 is 2.11 bits per heavy atom. The Morgan fingerprint density at radius 3 is 2.74 bits per heavy atom. The van der Waals surface area contributed by atoms with E-state index in [1.165, 1.54) is 23.5 Å². The first kappa shape index (κ1) is 16.9. The van der Waals surface area contributed by atoms with E-state index in [-0.39, 0.29) is 29.8 Å². The van der Waals surface area contributed by atoms with E-state index in [0.717, 1.165) is 21.4 Å². The summed E-state index contributed by atoms with van der Waals surface area (Å²) in [5, 5.41) is 23.8. The molecule has 9 heteroatoms. The summed E-state index contributed by atoms with van der Waals surface area (Å²) in [7, 11) is 0. The van der Waals surface area contributed by atoms with Crippen LogP contribution in [-0.4, -0.2) is 15.8 Å². The van der Waals surface area contributed by atoms with Crippen molar-refractivity contribution >= 4 is 44.0 Å². The number of nitrogen functional groups attached to an aromatic ring is 1. The highest BCUT2D eigenvalue weighted by Crippen LogP contribution is 2.47. The number of carbonyl (C=O) groups excluding carboxylic acids is 1. The Bertz CT molecular complexity index is 1160. The first-order valence-corrected chi connectivity index (χ1v) is 8.89. The molecule has 8 nitrogen and oxygen atoms in total. The fourth-order valence-electron chi connectivity index (χ4n) is 3.42. The first-order valence-electron chi connectivity index (χ1n) is 8.07. The summed E-state index contributed by atoms with van der Waals surface area (Å²) in [5.74, 6) is -0.270. The molecule has 4 rings (SSSR count). The third-order valence-electron chi connectivity index (χ3n) is 4.73. The summed E-state index contributed by atoms with van der Waals surface area (Å²) in [6.45, 7) is 1.81. The molecule has 1 aliphatic rings. The molecule has 134 valence electrons. The van der Waals surface area contributed by atoms with Crippen LogP contribution in [0.5, 0.6) is 0 Å². The van der Waals surface area contributed by atoms with Gasteiger partial charge in [0.25, 0.3) is 5.69 Å². The van der Waals surface area contributed by atoms with E-state index in [0.29, 0.717) is 16.1 Å². The highest BCUT2D eigenvalue weighted by molar-refractivity contribution is 7.23. The average molecular weight is 379 g/mol. The van der Waals surface area contributed by atoms with E-state index in [1.54, 1.807) is 12.1 Å². The number of pyridine rings is 1. The molecule has 3 N–H and O–H groups in total. The minimum absolute atomic E-state index is 0.00807. The van der Waals surface area contributed by atoms with Crippen molar-refractivity contribution in [1.29, 1.82) is 5.26 Å². The van der Waals surface area contributed by atoms with Crippen molar-refractivity contribution in [2.75, 3.05) is 11.1 Å². The van der Waals surface area contributed by atoms with Gasteiger partial charge in [-0.2, -0.15) is 5.26 Å². The molecule has 1 amide bonds. The first-order chi connectivity index (χ1) is 12.9. The number of nitrogens with two attached hydrogens (primary N) is 1. The van der Waals surface area contributed by atoms with E-state index >= 15 is 0 Å². The lowest BCUT2D eigenvalue weighted by molar-refractivity contribution is -0.384. The molecule has 1 atom stereocenters. The van der Waals surface area contributed by atoms with Gasteiger partial charge < -0.3 is 11.1 Å². The number of nitrogens with zero attached hydrogens (tertiary/aromatic N) is 3. The fourth-order valence-corrected chi connectivity index (χ4v) is 4.64. The molecular formula is C18H13N5O3S. The number of anilines is 2. The number of aryl methyl sites for hydroxylation is 1. The molecule has 0 saturated carbocycles. The molecule has 0 aliphatic carbocycles. The SMILES string of the molecule is Cc1c(C#N)c(N)nc2c3c(sc12)NC(=O)C[C@@H]3c1ccc([N+](=O)[O-])cc1. The van der Waals surface area contributed by atoms with Gasteiger partial charge in [0.1, 0.15) is 16.9 Å². The van der Waals surface area contributed by atoms with Crippen LogP contribution in [0.25, 0.3) is 10.2 Å². The number of hydrogen-bond acceptors (Lipinski definition) is 7. The minimum atomic E-state index is -0.461. The van der Waals surface area contributed by atoms with Crippen LogP contribution in [0, 0.1) is 28.4 Å². The van der Waals surface area contributed by atoms with Gasteiger partial charge in [0, 0.05) is 30.0 Å². The van der Waals surface area contributed by atoms with Crippen LogP contribution < -0.4 is 11.1 Å². The van der Waals surface area contributed by atoms with Crippen molar-refractivity contribution in [2.24, 2.45) is 0 Å². The summed E-state index contributed by atoms with van der Waals surface area (Å²) in [4.78, 5) is 27.1. The quantitative estimate of drug-likeness (QED) is 0.517. The van der Waals surface area contributed by atoms with Crippen LogP contribution in [0.4, 0.5) is 16.5 Å². The van der Waals surface area contributed by atoms with Crippen LogP contribution in [0.15, 0.2) is 24.3 Å². The average Bonchev–Trinajstić information content (AvgIpc) is 3.00. The van der Waals surface area contributed by atoms with Crippen molar-refractivity contribution in [3.8, 4) is 6.07 Å². The Hall–Kier alpha value is -3.51. The van der Waals surface area contributed by atoms with Gasteiger partial charge in [-0.1, -0.05) is 12.1 Å². The molecule has 0 bridgehead atoms. The van der Waals surface area contributed by atoms with E-state index in [4.69, 9.17) is 5.73 Å². The second-order valence-electron chi connectivity index (χ2n) is 6.28. The van der Waals surface area contributed by atoms with E-state index in [1.807, 2.05) is 6.92 Å². The maximum absolute atomic E-state index is 12.2. The number of nitro groups is 1. The van der Waals surface area contributed by atoms with Gasteiger partial charge in [0.2, 0.25) is 5.91 Å². The predicted molar refractivity (Wildman–Crippen MR) is 102 cm³/mol. The maximum Gasteiger partial charge on any atom is 0.269 e. The number of hydrogen-bond donors (Lipinski definition) is 2. The number of thiophene rings is 1. The minimum Gasteiger partial charge on any atom is -0.383 e. The second-order valence-corrected chi connectivity index (χ2v) is 7.31. The van der Waals surface area contributed by atoms with Crippen molar-refractivity contribution in [3.63, 3.8) is 0 Å². The number of nitriles is 1. The number of fused-ring (bicyclic) bond motifs is 3. The lowest BCUT2D eigenvalue weighted by atomic mass is 9.86. The van der Waals surface area contributed by atoms with E-state index < -0.39 is 4.92 Å². The molecule has 2 aromatic heterocycles. The van der Waals surface area contributed by atoms with Gasteiger partial charge in [0.15, 0.2) is 0 Å². The maximum atomic E-state index is 12.2. The van der Waals surface area contributed by atoms with Gasteiger partial charge in [-0.15, -0.1) is 11.3 Å². The second kappa shape index (κ2) is 6.03. The number of aromatic nitrogens is 1. The lowest BCUT2D eigenvalue weighted by Gasteiger charge is -2.23. The molecule has 0 radical (unpaired) electrons. The third kappa shape index (κ3) is 2.58. The van der Waals surface area contributed by atoms with Crippen molar-refractivity contribution < 1.29 is 9.72 Å². The Labute approximate surface area is 157 Å². The van der Waals surface area contributed by atoms with Crippen LogP contribution in [-0.2, 0) is 4.79 Å². The molecule has 1 aromatic carbocycles. The van der Waals surface area contributed by atoms with Crippen molar-refractivity contribution in [2.45, 2.75) is 19.3 Å². The summed E-state index contributed by atoms with van der Waals surface area (Å²) >= 11 is 1.37. The zero-order valence-electron chi connectivity index (χ0n) is 14.1. The van der Waals surface area contributed by atoms with E-state index in [2.05, 4.69) is 16.4 Å². The standard InChI is InChI=1S/C18H13N5O3S/c1-8-12(7-19)17(20)22-15-14-11(6-13(24)21-18(14)27-16(8)15)9-2-4-10(5-3-9)23(25)26/h2-5,11H,6H2,1H3,(H2,20,22)(H,21,24)/t11-/m1/s1. The predicted octanol–water partition coefficient (Wildman–Crippen LogP) is 3.44. The highest BCUT2D eigenvalue weighted by Gasteiger charge is 2.32. The molecular weight excluding hydrogens is 366 g/mol. The Morgan fingerprint density at radius 1 is 1.41 bits per heavy atom. The van der Waals surface area contributed by atoms with Gasteiger partial charge in [-0.25, -0.2) is 4.98 Å². The molecule has 3 aromatic rings. The van der Waals surface area contributed by atoms with Gasteiger partial charge >= 0.3 is 0 Å². The number of non-ortho nitro benzene ring substituents is 1. The van der Waals surface area contributed by atoms with Crippen LogP contribution in [0.3, 0.4) is 0 Å². The number of nitrogens with one attached hydrogen (secondary N) is 1. The van der Waals surface area contributed by atoms with Gasteiger partial charge in [0.05, 0.1) is 20.7 Å². The molecule has 1 aliphatic heterocycles. The molecule has 0 unspecified atom stereocenters. The molecule has 0 fully saturated rings. The summed E-state index contributed by atoms with van der Waals surface area (Å²) in [6.07, 6.45) is 0.206. The monoisotopic (exact) mass is 379 g/mol. The molecule has 0 spiro atoms. The van der Waals surface area contributed by atoms with Crippen LogP contribution in [0.2, 0.25) is 0 Å². The zero-order valence-corrected chi connectivity index (χ0v) is 15.0. The molecule has 3 heterocycles. The Kier molecular flexibility index (Phi) is 3.78. The smallest absolute Gasteiger partial charge is 0.269 e. The van der Waals surface area contributed by atoms with E-state index in [9.17, 15) is 20.2 Å². The van der Waals surface area contributed by atoms with Crippen molar-refractivity contribution in [3.05, 3.63) is 56.6 Å². The summed E-state index contributed by atoms with van der Waals surface area (Å²) < 4.78 is 0.805. The highest BCUT2D eigenvalue weighted by atomic mass is 32.1. The normalized spacial score (nSPS) is 15.9. The fraction of sp³-hybridized carbons (Fsp3) is 0.167. The number of nitro benzene ring substituents is 1. The zero-order chi connectivity index (χ0) is 19.3. The Balaban J connectivity index is 1.94. The molecule has 0 saturated heterocycles. The lowest BCUT2D eigenvalue weighted by Crippen LogP contribution is -2.22. The van der Waals surface area contributed by atoms with Crippen LogP contribution in [0.1, 0.15) is 34.6 Å².